The quantitative estimate of drug-likeness (QED) is 0.568. The normalized spacial score (nSPS) is 11.0. The van der Waals surface area contributed by atoms with Gasteiger partial charge >= 0.3 is 0 Å². The first-order chi connectivity index (χ1) is 11.2. The minimum absolute atomic E-state index is 0.318. The van der Waals surface area contributed by atoms with E-state index in [1.807, 2.05) is 30.3 Å². The van der Waals surface area contributed by atoms with Crippen LogP contribution in [0.25, 0.3) is 10.9 Å². The number of rotatable bonds is 4. The van der Waals surface area contributed by atoms with Gasteiger partial charge in [-0.2, -0.15) is 5.10 Å². The molecule has 0 unspecified atom stereocenters. The molecule has 0 spiro atoms. The molecule has 2 aromatic carbocycles. The predicted octanol–water partition coefficient (Wildman–Crippen LogP) is 3.59. The molecule has 0 saturated heterocycles. The maximum atomic E-state index is 12.1. The van der Waals surface area contributed by atoms with Crippen LogP contribution in [-0.2, 0) is 0 Å². The van der Waals surface area contributed by atoms with Gasteiger partial charge in [-0.1, -0.05) is 11.6 Å². The number of aromatic amines is 1. The number of aromatic nitrogens is 1. The third-order valence-corrected chi connectivity index (χ3v) is 3.56. The SMILES string of the molecule is COc1ccc(/C=N/NC(=O)c2cc3cc(Cl)ccc3[nH]2)cc1. The highest BCUT2D eigenvalue weighted by Crippen LogP contribution is 2.20. The van der Waals surface area contributed by atoms with Gasteiger partial charge in [-0.15, -0.1) is 0 Å². The molecule has 1 heterocycles. The zero-order valence-corrected chi connectivity index (χ0v) is 13.1. The van der Waals surface area contributed by atoms with E-state index >= 15 is 0 Å². The van der Waals surface area contributed by atoms with Crippen LogP contribution in [0.1, 0.15) is 16.1 Å². The van der Waals surface area contributed by atoms with Gasteiger partial charge in [0.1, 0.15) is 11.4 Å². The van der Waals surface area contributed by atoms with E-state index in [1.54, 1.807) is 31.5 Å². The van der Waals surface area contributed by atoms with Gasteiger partial charge < -0.3 is 9.72 Å². The van der Waals surface area contributed by atoms with E-state index in [-0.39, 0.29) is 5.91 Å². The zero-order chi connectivity index (χ0) is 16.2. The Bertz CT molecular complexity index is 869. The van der Waals surface area contributed by atoms with Crippen LogP contribution in [-0.4, -0.2) is 24.2 Å². The summed E-state index contributed by atoms with van der Waals surface area (Å²) in [5.41, 5.74) is 4.61. The molecule has 0 atom stereocenters. The molecule has 6 heteroatoms. The molecule has 0 aliphatic rings. The fraction of sp³-hybridized carbons (Fsp3) is 0.0588. The lowest BCUT2D eigenvalue weighted by Crippen LogP contribution is -2.17. The smallest absolute Gasteiger partial charge is 0.287 e. The van der Waals surface area contributed by atoms with Gasteiger partial charge in [0.15, 0.2) is 0 Å². The maximum Gasteiger partial charge on any atom is 0.287 e. The molecular formula is C17H14ClN3O2. The highest BCUT2D eigenvalue weighted by molar-refractivity contribution is 6.31. The number of carbonyl (C=O) groups excluding carboxylic acids is 1. The Hall–Kier alpha value is -2.79. The minimum atomic E-state index is -0.318. The molecule has 1 aromatic heterocycles. The van der Waals surface area contributed by atoms with Gasteiger partial charge in [0.25, 0.3) is 5.91 Å². The number of benzene rings is 2. The molecule has 0 bridgehead atoms. The summed E-state index contributed by atoms with van der Waals surface area (Å²) in [6.45, 7) is 0. The van der Waals surface area contributed by atoms with Crippen LogP contribution in [0.2, 0.25) is 5.02 Å². The van der Waals surface area contributed by atoms with E-state index in [9.17, 15) is 4.79 Å². The van der Waals surface area contributed by atoms with Gasteiger partial charge in [0.05, 0.1) is 13.3 Å². The third-order valence-electron chi connectivity index (χ3n) is 3.32. The number of amides is 1. The van der Waals surface area contributed by atoms with Crippen molar-refractivity contribution in [3.8, 4) is 5.75 Å². The van der Waals surface area contributed by atoms with Crippen molar-refractivity contribution in [3.05, 3.63) is 64.8 Å². The molecule has 116 valence electrons. The molecule has 2 N–H and O–H groups in total. The Morgan fingerprint density at radius 1 is 1.22 bits per heavy atom. The van der Waals surface area contributed by atoms with E-state index in [1.165, 1.54) is 0 Å². The van der Waals surface area contributed by atoms with Crippen molar-refractivity contribution in [2.75, 3.05) is 7.11 Å². The first-order valence-corrected chi connectivity index (χ1v) is 7.29. The standard InChI is InChI=1S/C17H14ClN3O2/c1-23-14-5-2-11(3-6-14)10-19-21-17(22)16-9-12-8-13(18)4-7-15(12)20-16/h2-10,20H,1H3,(H,21,22)/b19-10+. The van der Waals surface area contributed by atoms with Crippen LogP contribution in [0.5, 0.6) is 5.75 Å². The largest absolute Gasteiger partial charge is 0.497 e. The lowest BCUT2D eigenvalue weighted by molar-refractivity contribution is 0.0951. The molecular weight excluding hydrogens is 314 g/mol. The van der Waals surface area contributed by atoms with Crippen molar-refractivity contribution in [2.24, 2.45) is 5.10 Å². The van der Waals surface area contributed by atoms with Crippen LogP contribution in [0.15, 0.2) is 53.6 Å². The van der Waals surface area contributed by atoms with E-state index in [4.69, 9.17) is 16.3 Å². The monoisotopic (exact) mass is 327 g/mol. The number of nitrogens with one attached hydrogen (secondary N) is 2. The summed E-state index contributed by atoms with van der Waals surface area (Å²) in [5.74, 6) is 0.449. The summed E-state index contributed by atoms with van der Waals surface area (Å²) in [4.78, 5) is 15.1. The van der Waals surface area contributed by atoms with Crippen molar-refractivity contribution in [2.45, 2.75) is 0 Å². The van der Waals surface area contributed by atoms with Crippen molar-refractivity contribution in [1.29, 1.82) is 0 Å². The van der Waals surface area contributed by atoms with Crippen molar-refractivity contribution in [3.63, 3.8) is 0 Å². The van der Waals surface area contributed by atoms with Gasteiger partial charge in [-0.05, 0) is 54.1 Å². The highest BCUT2D eigenvalue weighted by Gasteiger charge is 2.08. The van der Waals surface area contributed by atoms with Crippen LogP contribution in [0, 0.1) is 0 Å². The second-order valence-electron chi connectivity index (χ2n) is 4.89. The number of hydrogen-bond acceptors (Lipinski definition) is 3. The van der Waals surface area contributed by atoms with Crippen LogP contribution < -0.4 is 10.2 Å². The number of hydrogen-bond donors (Lipinski definition) is 2. The Labute approximate surface area is 137 Å². The Morgan fingerprint density at radius 3 is 2.74 bits per heavy atom. The molecule has 0 saturated carbocycles. The first-order valence-electron chi connectivity index (χ1n) is 6.91. The second-order valence-corrected chi connectivity index (χ2v) is 5.32. The average molecular weight is 328 g/mol. The highest BCUT2D eigenvalue weighted by atomic mass is 35.5. The molecule has 3 aromatic rings. The molecule has 0 fully saturated rings. The van der Waals surface area contributed by atoms with Gasteiger partial charge in [-0.25, -0.2) is 5.43 Å². The van der Waals surface area contributed by atoms with Crippen LogP contribution in [0.4, 0.5) is 0 Å². The summed E-state index contributed by atoms with van der Waals surface area (Å²) in [6, 6.07) is 14.5. The zero-order valence-electron chi connectivity index (χ0n) is 12.3. The van der Waals surface area contributed by atoms with E-state index in [2.05, 4.69) is 15.5 Å². The fourth-order valence-corrected chi connectivity index (χ4v) is 2.32. The van der Waals surface area contributed by atoms with E-state index in [0.717, 1.165) is 22.2 Å². The summed E-state index contributed by atoms with van der Waals surface area (Å²) in [6.07, 6.45) is 1.57. The van der Waals surface area contributed by atoms with Crippen molar-refractivity contribution in [1.82, 2.24) is 10.4 Å². The topological polar surface area (TPSA) is 66.5 Å². The number of H-pyrrole nitrogens is 1. The Morgan fingerprint density at radius 2 is 2.00 bits per heavy atom. The molecule has 0 aliphatic carbocycles. The molecule has 1 amide bonds. The van der Waals surface area contributed by atoms with E-state index in [0.29, 0.717) is 10.7 Å². The molecule has 5 nitrogen and oxygen atoms in total. The van der Waals surface area contributed by atoms with Gasteiger partial charge in [0, 0.05) is 15.9 Å². The molecule has 0 aliphatic heterocycles. The molecule has 0 radical (unpaired) electrons. The number of nitrogens with zero attached hydrogens (tertiary/aromatic N) is 1. The lowest BCUT2D eigenvalue weighted by atomic mass is 10.2. The summed E-state index contributed by atoms with van der Waals surface area (Å²) < 4.78 is 5.08. The van der Waals surface area contributed by atoms with Crippen LogP contribution in [0.3, 0.4) is 0 Å². The first kappa shape index (κ1) is 15.1. The van der Waals surface area contributed by atoms with Crippen LogP contribution >= 0.6 is 11.6 Å². The number of ether oxygens (including phenoxy) is 1. The predicted molar refractivity (Wildman–Crippen MR) is 91.4 cm³/mol. The minimum Gasteiger partial charge on any atom is -0.497 e. The number of carbonyl (C=O) groups is 1. The number of halogens is 1. The Balaban J connectivity index is 1.68. The maximum absolute atomic E-state index is 12.1. The van der Waals surface area contributed by atoms with Gasteiger partial charge in [0.2, 0.25) is 0 Å². The molecule has 3 rings (SSSR count). The summed E-state index contributed by atoms with van der Waals surface area (Å²) >= 11 is 5.93. The lowest BCUT2D eigenvalue weighted by Gasteiger charge is -1.99. The third kappa shape index (κ3) is 3.52. The second kappa shape index (κ2) is 6.54. The van der Waals surface area contributed by atoms with E-state index < -0.39 is 0 Å². The van der Waals surface area contributed by atoms with Crippen molar-refractivity contribution < 1.29 is 9.53 Å². The summed E-state index contributed by atoms with van der Waals surface area (Å²) in [5, 5.41) is 5.45. The molecule has 23 heavy (non-hydrogen) atoms. The Kier molecular flexibility index (Phi) is 4.30. The number of methoxy groups -OCH3 is 1. The van der Waals surface area contributed by atoms with Gasteiger partial charge in [-0.3, -0.25) is 4.79 Å². The fourth-order valence-electron chi connectivity index (χ4n) is 2.14. The number of fused-ring (bicyclic) bond motifs is 1. The van der Waals surface area contributed by atoms with Crippen molar-refractivity contribution >= 4 is 34.6 Å². The number of hydrazone groups is 1. The summed E-state index contributed by atoms with van der Waals surface area (Å²) in [7, 11) is 1.61. The average Bonchev–Trinajstić information content (AvgIpc) is 2.98.